The van der Waals surface area contributed by atoms with Crippen LogP contribution in [0.5, 0.6) is 0 Å². The molecule has 0 saturated heterocycles. The maximum Gasteiger partial charge on any atom is 0.0645 e. The van der Waals surface area contributed by atoms with Crippen molar-refractivity contribution in [1.82, 2.24) is 20.1 Å². The van der Waals surface area contributed by atoms with Crippen LogP contribution in [-0.4, -0.2) is 14.8 Å². The Morgan fingerprint density at radius 1 is 1.00 bits per heavy atom. The van der Waals surface area contributed by atoms with Crippen LogP contribution in [0.25, 0.3) is 5.69 Å². The molecule has 3 aromatic rings. The minimum atomic E-state index is 0.275. The van der Waals surface area contributed by atoms with Gasteiger partial charge in [0.25, 0.3) is 0 Å². The van der Waals surface area contributed by atoms with Crippen LogP contribution in [0.2, 0.25) is 0 Å². The van der Waals surface area contributed by atoms with Gasteiger partial charge in [0.05, 0.1) is 11.4 Å². The van der Waals surface area contributed by atoms with E-state index >= 15 is 0 Å². The van der Waals surface area contributed by atoms with Gasteiger partial charge in [0.15, 0.2) is 0 Å². The van der Waals surface area contributed by atoms with Gasteiger partial charge >= 0.3 is 0 Å². The van der Waals surface area contributed by atoms with Gasteiger partial charge in [0, 0.05) is 31.2 Å². The Labute approximate surface area is 143 Å². The molecular formula is C20H24N4. The molecule has 3 rings (SSSR count). The molecule has 2 aromatic heterocycles. The molecule has 24 heavy (non-hydrogen) atoms. The van der Waals surface area contributed by atoms with Crippen LogP contribution in [0.1, 0.15) is 37.6 Å². The Kier molecular flexibility index (Phi) is 5.39. The average Bonchev–Trinajstić information content (AvgIpc) is 3.14. The first-order chi connectivity index (χ1) is 11.7. The van der Waals surface area contributed by atoms with Crippen molar-refractivity contribution in [3.05, 3.63) is 78.4 Å². The van der Waals surface area contributed by atoms with Gasteiger partial charge in [-0.1, -0.05) is 32.0 Å². The molecule has 0 spiro atoms. The zero-order valence-corrected chi connectivity index (χ0v) is 14.3. The van der Waals surface area contributed by atoms with E-state index in [0.29, 0.717) is 5.92 Å². The molecule has 0 aliphatic carbocycles. The van der Waals surface area contributed by atoms with Crippen LogP contribution >= 0.6 is 0 Å². The van der Waals surface area contributed by atoms with E-state index in [4.69, 9.17) is 0 Å². The number of rotatable bonds is 7. The summed E-state index contributed by atoms with van der Waals surface area (Å²) in [6, 6.07) is 16.8. The quantitative estimate of drug-likeness (QED) is 0.711. The lowest BCUT2D eigenvalue weighted by Gasteiger charge is -2.20. The molecule has 1 atom stereocenters. The van der Waals surface area contributed by atoms with Crippen molar-refractivity contribution in [2.75, 3.05) is 0 Å². The maximum absolute atomic E-state index is 4.52. The van der Waals surface area contributed by atoms with E-state index < -0.39 is 0 Å². The van der Waals surface area contributed by atoms with Gasteiger partial charge in [-0.05, 0) is 48.2 Å². The minimum absolute atomic E-state index is 0.275. The molecule has 4 nitrogen and oxygen atoms in total. The third kappa shape index (κ3) is 4.30. The Morgan fingerprint density at radius 3 is 2.46 bits per heavy atom. The molecule has 0 unspecified atom stereocenters. The van der Waals surface area contributed by atoms with E-state index in [-0.39, 0.29) is 6.04 Å². The van der Waals surface area contributed by atoms with Crippen molar-refractivity contribution in [1.29, 1.82) is 0 Å². The van der Waals surface area contributed by atoms with Gasteiger partial charge in [-0.15, -0.1) is 0 Å². The second kappa shape index (κ2) is 7.88. The fourth-order valence-electron chi connectivity index (χ4n) is 2.79. The van der Waals surface area contributed by atoms with Gasteiger partial charge in [-0.3, -0.25) is 4.98 Å². The number of pyridine rings is 1. The average molecular weight is 320 g/mol. The predicted molar refractivity (Wildman–Crippen MR) is 96.8 cm³/mol. The molecular weight excluding hydrogens is 296 g/mol. The predicted octanol–water partition coefficient (Wildman–Crippen LogP) is 4.14. The Morgan fingerprint density at radius 2 is 1.83 bits per heavy atom. The first kappa shape index (κ1) is 16.4. The highest BCUT2D eigenvalue weighted by atomic mass is 15.3. The molecule has 0 radical (unpaired) electrons. The summed E-state index contributed by atoms with van der Waals surface area (Å²) in [6.45, 7) is 5.32. The van der Waals surface area contributed by atoms with Crippen LogP contribution < -0.4 is 5.32 Å². The second-order valence-corrected chi connectivity index (χ2v) is 6.43. The molecule has 2 heterocycles. The van der Waals surface area contributed by atoms with E-state index in [1.807, 2.05) is 29.2 Å². The van der Waals surface area contributed by atoms with Crippen molar-refractivity contribution in [3.8, 4) is 5.69 Å². The van der Waals surface area contributed by atoms with Gasteiger partial charge in [0.2, 0.25) is 0 Å². The van der Waals surface area contributed by atoms with Crippen LogP contribution in [-0.2, 0) is 6.54 Å². The molecule has 0 aliphatic rings. The minimum Gasteiger partial charge on any atom is -0.305 e. The first-order valence-electron chi connectivity index (χ1n) is 8.45. The van der Waals surface area contributed by atoms with Gasteiger partial charge in [0.1, 0.15) is 0 Å². The lowest BCUT2D eigenvalue weighted by Crippen LogP contribution is -2.23. The molecule has 0 bridgehead atoms. The highest BCUT2D eigenvalue weighted by Crippen LogP contribution is 2.20. The molecule has 0 fully saturated rings. The summed E-state index contributed by atoms with van der Waals surface area (Å²) in [6.07, 6.45) is 6.68. The maximum atomic E-state index is 4.52. The Bertz CT molecular complexity index is 718. The number of nitrogens with one attached hydrogen (secondary N) is 1. The van der Waals surface area contributed by atoms with Crippen LogP contribution in [0.4, 0.5) is 0 Å². The normalized spacial score (nSPS) is 12.5. The van der Waals surface area contributed by atoms with Crippen LogP contribution in [0, 0.1) is 5.92 Å². The number of nitrogens with zero attached hydrogens (tertiary/aromatic N) is 3. The first-order valence-corrected chi connectivity index (χ1v) is 8.45. The van der Waals surface area contributed by atoms with Gasteiger partial charge < -0.3 is 5.32 Å². The van der Waals surface area contributed by atoms with Crippen molar-refractivity contribution in [3.63, 3.8) is 0 Å². The highest BCUT2D eigenvalue weighted by molar-refractivity contribution is 5.33. The van der Waals surface area contributed by atoms with Crippen molar-refractivity contribution in [2.45, 2.75) is 32.9 Å². The zero-order valence-electron chi connectivity index (χ0n) is 14.3. The topological polar surface area (TPSA) is 42.7 Å². The summed E-state index contributed by atoms with van der Waals surface area (Å²) < 4.78 is 1.87. The number of hydrogen-bond acceptors (Lipinski definition) is 3. The molecule has 0 amide bonds. The second-order valence-electron chi connectivity index (χ2n) is 6.43. The van der Waals surface area contributed by atoms with E-state index in [0.717, 1.165) is 24.3 Å². The lowest BCUT2D eigenvalue weighted by molar-refractivity contribution is 0.421. The third-order valence-electron chi connectivity index (χ3n) is 4.01. The number of hydrogen-bond donors (Lipinski definition) is 1. The standard InChI is InChI=1S/C20H24N4/c1-16(2)14-20(19-6-3-4-11-21-19)22-15-17-7-9-18(10-8-17)24-13-5-12-23-24/h3-13,16,20,22H,14-15H2,1-2H3/t20-/m0/s1. The molecule has 4 heteroatoms. The van der Waals surface area contributed by atoms with Crippen LogP contribution in [0.15, 0.2) is 67.1 Å². The molecule has 0 aliphatic heterocycles. The van der Waals surface area contributed by atoms with E-state index in [9.17, 15) is 0 Å². The Balaban J connectivity index is 1.66. The Hall–Kier alpha value is -2.46. The summed E-state index contributed by atoms with van der Waals surface area (Å²) in [5.74, 6) is 0.617. The van der Waals surface area contributed by atoms with Gasteiger partial charge in [-0.2, -0.15) is 5.10 Å². The van der Waals surface area contributed by atoms with Crippen molar-refractivity contribution < 1.29 is 0 Å². The molecule has 1 aromatic carbocycles. The SMILES string of the molecule is CC(C)C[C@H](NCc1ccc(-n2cccn2)cc1)c1ccccn1. The zero-order chi connectivity index (χ0) is 16.8. The fraction of sp³-hybridized carbons (Fsp3) is 0.300. The summed E-state index contributed by atoms with van der Waals surface area (Å²) in [7, 11) is 0. The number of benzene rings is 1. The van der Waals surface area contributed by atoms with Crippen molar-refractivity contribution >= 4 is 0 Å². The van der Waals surface area contributed by atoms with E-state index in [2.05, 4.69) is 65.6 Å². The van der Waals surface area contributed by atoms with Crippen molar-refractivity contribution in [2.24, 2.45) is 5.92 Å². The summed E-state index contributed by atoms with van der Waals surface area (Å²) in [4.78, 5) is 4.52. The summed E-state index contributed by atoms with van der Waals surface area (Å²) in [5.41, 5.74) is 3.45. The molecule has 124 valence electrons. The fourth-order valence-corrected chi connectivity index (χ4v) is 2.79. The summed E-state index contributed by atoms with van der Waals surface area (Å²) in [5, 5.41) is 7.91. The van der Waals surface area contributed by atoms with E-state index in [1.54, 1.807) is 6.20 Å². The largest absolute Gasteiger partial charge is 0.305 e. The highest BCUT2D eigenvalue weighted by Gasteiger charge is 2.13. The van der Waals surface area contributed by atoms with Crippen LogP contribution in [0.3, 0.4) is 0 Å². The molecule has 0 saturated carbocycles. The third-order valence-corrected chi connectivity index (χ3v) is 4.01. The molecule has 1 N–H and O–H groups in total. The monoisotopic (exact) mass is 320 g/mol. The smallest absolute Gasteiger partial charge is 0.0645 e. The lowest BCUT2D eigenvalue weighted by atomic mass is 10.0. The summed E-state index contributed by atoms with van der Waals surface area (Å²) >= 11 is 0. The van der Waals surface area contributed by atoms with Gasteiger partial charge in [-0.25, -0.2) is 4.68 Å². The number of aromatic nitrogens is 3. The van der Waals surface area contributed by atoms with E-state index in [1.165, 1.54) is 5.56 Å².